The van der Waals surface area contributed by atoms with Gasteiger partial charge in [0.05, 0.1) is 16.8 Å². The van der Waals surface area contributed by atoms with E-state index in [1.807, 2.05) is 13.8 Å². The van der Waals surface area contributed by atoms with Crippen LogP contribution >= 0.6 is 11.6 Å². The van der Waals surface area contributed by atoms with Gasteiger partial charge in [-0.15, -0.1) is 0 Å². The average molecular weight is 492 g/mol. The van der Waals surface area contributed by atoms with Gasteiger partial charge in [-0.3, -0.25) is 4.79 Å². The Balaban J connectivity index is 1.50. The summed E-state index contributed by atoms with van der Waals surface area (Å²) in [5, 5.41) is 21.8. The molecule has 4 atom stereocenters. The van der Waals surface area contributed by atoms with Crippen LogP contribution in [0.4, 0.5) is 15.0 Å². The maximum Gasteiger partial charge on any atom is 0.405 e. The lowest BCUT2D eigenvalue weighted by molar-refractivity contribution is -0.134. The SMILES string of the molecule is C[C@@H]1C[C@@H](O)c2ncnc(N3CCN(C(=O)[C@@H](Cc4ccc(Cl)c(F)c4)NC(=O)O)C[C@@H]3C)c21. The number of fused-ring (bicyclic) bond motifs is 1. The Labute approximate surface area is 201 Å². The van der Waals surface area contributed by atoms with Gasteiger partial charge >= 0.3 is 6.09 Å². The summed E-state index contributed by atoms with van der Waals surface area (Å²) in [6.45, 7) is 5.23. The Morgan fingerprint density at radius 3 is 2.74 bits per heavy atom. The molecule has 2 heterocycles. The van der Waals surface area contributed by atoms with Crippen LogP contribution in [0.5, 0.6) is 0 Å². The minimum Gasteiger partial charge on any atom is -0.465 e. The molecule has 3 N–H and O–H groups in total. The molecular formula is C23H27ClFN5O4. The van der Waals surface area contributed by atoms with E-state index in [2.05, 4.69) is 20.2 Å². The van der Waals surface area contributed by atoms with Crippen LogP contribution in [0.15, 0.2) is 24.5 Å². The first kappa shape index (κ1) is 24.2. The standard InChI is InChI=1S/C23H27ClFN5O4/c1-12-7-18(31)20-19(12)21(27-11-26-20)30-6-5-29(10-13(30)2)22(32)17(28-23(33)34)9-14-3-4-15(24)16(25)8-14/h3-4,8,11-13,17-18,28,31H,5-7,9-10H2,1-2H3,(H,33,34)/t12-,13+,17-,18-/m1/s1. The molecule has 0 radical (unpaired) electrons. The number of benzene rings is 1. The van der Waals surface area contributed by atoms with Crippen LogP contribution in [-0.4, -0.2) is 68.8 Å². The first-order chi connectivity index (χ1) is 16.2. The van der Waals surface area contributed by atoms with E-state index < -0.39 is 24.1 Å². The Kier molecular flexibility index (Phi) is 6.90. The molecule has 9 nitrogen and oxygen atoms in total. The molecule has 1 saturated heterocycles. The Hall–Kier alpha value is -2.98. The van der Waals surface area contributed by atoms with Gasteiger partial charge in [0.15, 0.2) is 0 Å². The number of carbonyl (C=O) groups is 2. The van der Waals surface area contributed by atoms with Crippen LogP contribution in [0, 0.1) is 5.82 Å². The molecule has 0 unspecified atom stereocenters. The molecular weight excluding hydrogens is 465 g/mol. The second kappa shape index (κ2) is 9.71. The van der Waals surface area contributed by atoms with E-state index in [0.717, 1.165) is 11.4 Å². The number of rotatable bonds is 5. The summed E-state index contributed by atoms with van der Waals surface area (Å²) in [4.78, 5) is 37.1. The zero-order valence-corrected chi connectivity index (χ0v) is 19.7. The normalized spacial score (nSPS) is 22.9. The van der Waals surface area contributed by atoms with Crippen LogP contribution < -0.4 is 10.2 Å². The number of carbonyl (C=O) groups excluding carboxylic acids is 1. The fourth-order valence-corrected chi connectivity index (χ4v) is 4.99. The lowest BCUT2D eigenvalue weighted by Crippen LogP contribution is -2.58. The van der Waals surface area contributed by atoms with Gasteiger partial charge < -0.3 is 25.3 Å². The molecule has 2 amide bonds. The first-order valence-corrected chi connectivity index (χ1v) is 11.5. The van der Waals surface area contributed by atoms with Crippen molar-refractivity contribution in [3.8, 4) is 0 Å². The van der Waals surface area contributed by atoms with Gasteiger partial charge in [-0.05, 0) is 37.0 Å². The van der Waals surface area contributed by atoms with Crippen molar-refractivity contribution in [1.82, 2.24) is 20.2 Å². The smallest absolute Gasteiger partial charge is 0.405 e. The highest BCUT2D eigenvalue weighted by Crippen LogP contribution is 2.43. The topological polar surface area (TPSA) is 119 Å². The second-order valence-electron chi connectivity index (χ2n) is 8.93. The number of aliphatic hydroxyl groups is 1. The number of hydrogen-bond donors (Lipinski definition) is 3. The largest absolute Gasteiger partial charge is 0.465 e. The maximum absolute atomic E-state index is 13.9. The first-order valence-electron chi connectivity index (χ1n) is 11.2. The monoisotopic (exact) mass is 491 g/mol. The fourth-order valence-electron chi connectivity index (χ4n) is 4.88. The predicted octanol–water partition coefficient (Wildman–Crippen LogP) is 2.73. The van der Waals surface area contributed by atoms with Crippen LogP contribution in [0.25, 0.3) is 0 Å². The van der Waals surface area contributed by atoms with Crippen molar-refractivity contribution in [3.05, 3.63) is 52.2 Å². The highest BCUT2D eigenvalue weighted by molar-refractivity contribution is 6.30. The molecule has 0 bridgehead atoms. The summed E-state index contributed by atoms with van der Waals surface area (Å²) < 4.78 is 13.9. The molecule has 2 aliphatic rings. The number of nitrogens with zero attached hydrogens (tertiary/aromatic N) is 4. The van der Waals surface area contributed by atoms with E-state index in [4.69, 9.17) is 11.6 Å². The average Bonchev–Trinajstić information content (AvgIpc) is 3.08. The second-order valence-corrected chi connectivity index (χ2v) is 9.34. The van der Waals surface area contributed by atoms with Gasteiger partial charge in [-0.25, -0.2) is 19.2 Å². The number of halogens is 2. The number of piperazine rings is 1. The van der Waals surface area contributed by atoms with Crippen LogP contribution in [0.1, 0.15) is 49.1 Å². The molecule has 1 aromatic heterocycles. The van der Waals surface area contributed by atoms with Crippen molar-refractivity contribution in [2.45, 2.75) is 50.8 Å². The third-order valence-corrected chi connectivity index (χ3v) is 6.82. The summed E-state index contributed by atoms with van der Waals surface area (Å²) in [7, 11) is 0. The molecule has 11 heteroatoms. The summed E-state index contributed by atoms with van der Waals surface area (Å²) in [6.07, 6.45) is 0.122. The number of aromatic nitrogens is 2. The summed E-state index contributed by atoms with van der Waals surface area (Å²) in [5.41, 5.74) is 2.06. The number of amides is 2. The quantitative estimate of drug-likeness (QED) is 0.588. The molecule has 2 aromatic rings. The molecule has 1 aliphatic carbocycles. The number of carboxylic acid groups (broad SMARTS) is 1. The van der Waals surface area contributed by atoms with Gasteiger partial charge in [0.25, 0.3) is 0 Å². The Morgan fingerprint density at radius 2 is 2.06 bits per heavy atom. The molecule has 34 heavy (non-hydrogen) atoms. The fraction of sp³-hybridized carbons (Fsp3) is 0.478. The van der Waals surface area contributed by atoms with E-state index in [1.165, 1.54) is 18.5 Å². The van der Waals surface area contributed by atoms with Crippen LogP contribution in [-0.2, 0) is 11.2 Å². The third-order valence-electron chi connectivity index (χ3n) is 6.51. The number of aliphatic hydroxyl groups excluding tert-OH is 1. The van der Waals surface area contributed by atoms with Gasteiger partial charge in [-0.2, -0.15) is 0 Å². The van der Waals surface area contributed by atoms with Crippen molar-refractivity contribution < 1.29 is 24.2 Å². The minimum atomic E-state index is -1.33. The van der Waals surface area contributed by atoms with Crippen molar-refractivity contribution in [2.75, 3.05) is 24.5 Å². The zero-order valence-electron chi connectivity index (χ0n) is 18.9. The highest BCUT2D eigenvalue weighted by Gasteiger charge is 2.37. The third kappa shape index (κ3) is 4.78. The van der Waals surface area contributed by atoms with Crippen LogP contribution in [0.2, 0.25) is 5.02 Å². The van der Waals surface area contributed by atoms with Crippen LogP contribution in [0.3, 0.4) is 0 Å². The lowest BCUT2D eigenvalue weighted by Gasteiger charge is -2.42. The maximum atomic E-state index is 13.9. The van der Waals surface area contributed by atoms with E-state index in [1.54, 1.807) is 11.0 Å². The predicted molar refractivity (Wildman–Crippen MR) is 123 cm³/mol. The number of anilines is 1. The van der Waals surface area contributed by atoms with Crippen molar-refractivity contribution >= 4 is 29.4 Å². The molecule has 1 aromatic carbocycles. The number of hydrogen-bond acceptors (Lipinski definition) is 6. The molecule has 0 spiro atoms. The Morgan fingerprint density at radius 1 is 1.29 bits per heavy atom. The van der Waals surface area contributed by atoms with Crippen molar-refractivity contribution in [3.63, 3.8) is 0 Å². The highest BCUT2D eigenvalue weighted by atomic mass is 35.5. The van der Waals surface area contributed by atoms with E-state index in [-0.39, 0.29) is 29.3 Å². The van der Waals surface area contributed by atoms with E-state index in [9.17, 15) is 24.2 Å². The van der Waals surface area contributed by atoms with E-state index >= 15 is 0 Å². The molecule has 1 aliphatic heterocycles. The summed E-state index contributed by atoms with van der Waals surface area (Å²) in [6, 6.07) is 3.00. The van der Waals surface area contributed by atoms with Gasteiger partial charge in [-0.1, -0.05) is 24.6 Å². The summed E-state index contributed by atoms with van der Waals surface area (Å²) >= 11 is 5.73. The minimum absolute atomic E-state index is 0.00262. The molecule has 4 rings (SSSR count). The molecule has 182 valence electrons. The van der Waals surface area contributed by atoms with E-state index in [0.29, 0.717) is 37.3 Å². The van der Waals surface area contributed by atoms with Gasteiger partial charge in [0.2, 0.25) is 5.91 Å². The molecule has 0 saturated carbocycles. The molecule has 1 fully saturated rings. The van der Waals surface area contributed by atoms with Gasteiger partial charge in [0.1, 0.15) is 24.0 Å². The number of nitrogens with one attached hydrogen (secondary N) is 1. The van der Waals surface area contributed by atoms with Crippen molar-refractivity contribution in [1.29, 1.82) is 0 Å². The lowest BCUT2D eigenvalue weighted by atomic mass is 10.0. The van der Waals surface area contributed by atoms with Gasteiger partial charge in [0, 0.05) is 37.7 Å². The van der Waals surface area contributed by atoms with Crippen molar-refractivity contribution in [2.24, 2.45) is 0 Å². The Bertz CT molecular complexity index is 1100. The summed E-state index contributed by atoms with van der Waals surface area (Å²) in [5.74, 6) is -0.108. The zero-order chi connectivity index (χ0) is 24.6.